The zero-order chi connectivity index (χ0) is 14.5. The van der Waals surface area contributed by atoms with E-state index in [0.29, 0.717) is 17.7 Å². The van der Waals surface area contributed by atoms with Crippen LogP contribution < -0.4 is 5.63 Å². The Morgan fingerprint density at radius 2 is 1.90 bits per heavy atom. The van der Waals surface area contributed by atoms with Crippen molar-refractivity contribution in [2.24, 2.45) is 0 Å². The number of aryl methyl sites for hydroxylation is 1. The van der Waals surface area contributed by atoms with Gasteiger partial charge in [-0.05, 0) is 18.6 Å². The smallest absolute Gasteiger partial charge is 0.351 e. The number of ether oxygens (including phenoxy) is 1. The first kappa shape index (κ1) is 14.1. The van der Waals surface area contributed by atoms with E-state index in [4.69, 9.17) is 9.15 Å². The summed E-state index contributed by atoms with van der Waals surface area (Å²) < 4.78 is 10.1. The van der Waals surface area contributed by atoms with Crippen LogP contribution in [-0.2, 0) is 11.2 Å². The summed E-state index contributed by atoms with van der Waals surface area (Å²) in [4.78, 5) is 24.0. The molecule has 2 aromatic rings. The molecule has 104 valence electrons. The lowest BCUT2D eigenvalue weighted by molar-refractivity contribution is 0.0522. The third-order valence-electron chi connectivity index (χ3n) is 2.92. The molecule has 2 rings (SSSR count). The minimum Gasteiger partial charge on any atom is -0.462 e. The molecule has 4 nitrogen and oxygen atoms in total. The van der Waals surface area contributed by atoms with Crippen LogP contribution in [0.3, 0.4) is 0 Å². The molecule has 1 aromatic heterocycles. The number of carbonyl (C=O) groups excluding carboxylic acids is 1. The van der Waals surface area contributed by atoms with E-state index < -0.39 is 11.6 Å². The minimum absolute atomic E-state index is 0.0461. The number of benzene rings is 1. The molecule has 0 unspecified atom stereocenters. The topological polar surface area (TPSA) is 56.5 Å². The molecule has 1 aromatic carbocycles. The highest BCUT2D eigenvalue weighted by Gasteiger charge is 2.20. The maximum atomic E-state index is 12.0. The van der Waals surface area contributed by atoms with Gasteiger partial charge in [-0.25, -0.2) is 9.59 Å². The van der Waals surface area contributed by atoms with Gasteiger partial charge in [0.1, 0.15) is 5.76 Å². The minimum atomic E-state index is -0.651. The second-order valence-corrected chi connectivity index (χ2v) is 4.23. The first-order valence-electron chi connectivity index (χ1n) is 6.57. The SMILES string of the molecule is CCOC(=O)c1c(-c2ccccc2)cc(CC)oc1=O. The average molecular weight is 272 g/mol. The van der Waals surface area contributed by atoms with Crippen LogP contribution in [0, 0.1) is 0 Å². The van der Waals surface area contributed by atoms with Crippen molar-refractivity contribution in [2.45, 2.75) is 20.3 Å². The van der Waals surface area contributed by atoms with Gasteiger partial charge in [-0.3, -0.25) is 0 Å². The van der Waals surface area contributed by atoms with Crippen LogP contribution >= 0.6 is 0 Å². The molecule has 20 heavy (non-hydrogen) atoms. The summed E-state index contributed by atoms with van der Waals surface area (Å²) in [5, 5.41) is 0. The van der Waals surface area contributed by atoms with Crippen LogP contribution in [0.4, 0.5) is 0 Å². The van der Waals surface area contributed by atoms with Gasteiger partial charge in [-0.15, -0.1) is 0 Å². The summed E-state index contributed by atoms with van der Waals surface area (Å²) in [6, 6.07) is 11.0. The molecule has 0 saturated heterocycles. The lowest BCUT2D eigenvalue weighted by Crippen LogP contribution is -2.19. The highest BCUT2D eigenvalue weighted by molar-refractivity contribution is 5.96. The number of esters is 1. The van der Waals surface area contributed by atoms with E-state index in [0.717, 1.165) is 5.56 Å². The standard InChI is InChI=1S/C16H16O4/c1-3-12-10-13(11-8-6-5-7-9-11)14(16(18)20-12)15(17)19-4-2/h5-10H,3-4H2,1-2H3. The zero-order valence-electron chi connectivity index (χ0n) is 11.5. The highest BCUT2D eigenvalue weighted by Crippen LogP contribution is 2.23. The predicted octanol–water partition coefficient (Wildman–Crippen LogP) is 3.05. The first-order chi connectivity index (χ1) is 9.67. The van der Waals surface area contributed by atoms with Crippen molar-refractivity contribution >= 4 is 5.97 Å². The zero-order valence-corrected chi connectivity index (χ0v) is 11.5. The Labute approximate surface area is 117 Å². The summed E-state index contributed by atoms with van der Waals surface area (Å²) in [6.07, 6.45) is 0.582. The molecule has 0 atom stereocenters. The maximum absolute atomic E-state index is 12.0. The van der Waals surface area contributed by atoms with E-state index >= 15 is 0 Å². The fourth-order valence-corrected chi connectivity index (χ4v) is 1.96. The summed E-state index contributed by atoms with van der Waals surface area (Å²) >= 11 is 0. The molecular weight excluding hydrogens is 256 g/mol. The quantitative estimate of drug-likeness (QED) is 0.803. The molecule has 0 radical (unpaired) electrons. The first-order valence-corrected chi connectivity index (χ1v) is 6.57. The largest absolute Gasteiger partial charge is 0.462 e. The molecule has 0 spiro atoms. The summed E-state index contributed by atoms with van der Waals surface area (Å²) in [6.45, 7) is 3.79. The Hall–Kier alpha value is -2.36. The van der Waals surface area contributed by atoms with E-state index in [1.54, 1.807) is 13.0 Å². The summed E-state index contributed by atoms with van der Waals surface area (Å²) in [7, 11) is 0. The Kier molecular flexibility index (Phi) is 4.35. The van der Waals surface area contributed by atoms with Crippen molar-refractivity contribution in [1.82, 2.24) is 0 Å². The summed E-state index contributed by atoms with van der Waals surface area (Å²) in [5.41, 5.74) is 0.646. The van der Waals surface area contributed by atoms with Gasteiger partial charge in [-0.2, -0.15) is 0 Å². The van der Waals surface area contributed by atoms with E-state index in [2.05, 4.69) is 0 Å². The number of hydrogen-bond acceptors (Lipinski definition) is 4. The molecule has 0 fully saturated rings. The fourth-order valence-electron chi connectivity index (χ4n) is 1.96. The monoisotopic (exact) mass is 272 g/mol. The lowest BCUT2D eigenvalue weighted by atomic mass is 10.0. The molecule has 0 aliphatic heterocycles. The third-order valence-corrected chi connectivity index (χ3v) is 2.92. The molecule has 0 N–H and O–H groups in total. The van der Waals surface area contributed by atoms with Gasteiger partial charge < -0.3 is 9.15 Å². The van der Waals surface area contributed by atoms with Crippen molar-refractivity contribution in [3.05, 3.63) is 58.1 Å². The van der Waals surface area contributed by atoms with Crippen molar-refractivity contribution in [3.8, 4) is 11.1 Å². The van der Waals surface area contributed by atoms with Gasteiger partial charge in [-0.1, -0.05) is 37.3 Å². The van der Waals surface area contributed by atoms with Crippen LogP contribution in [-0.4, -0.2) is 12.6 Å². The molecule has 4 heteroatoms. The van der Waals surface area contributed by atoms with Gasteiger partial charge in [0, 0.05) is 12.0 Å². The molecule has 0 bridgehead atoms. The number of hydrogen-bond donors (Lipinski definition) is 0. The van der Waals surface area contributed by atoms with Gasteiger partial charge in [0.15, 0.2) is 5.56 Å². The lowest BCUT2D eigenvalue weighted by Gasteiger charge is -2.09. The normalized spacial score (nSPS) is 10.3. The van der Waals surface area contributed by atoms with Crippen molar-refractivity contribution < 1.29 is 13.9 Å². The third kappa shape index (κ3) is 2.79. The van der Waals surface area contributed by atoms with Gasteiger partial charge in [0.25, 0.3) is 0 Å². The molecular formula is C16H16O4. The van der Waals surface area contributed by atoms with Gasteiger partial charge in [0.05, 0.1) is 6.61 Å². The maximum Gasteiger partial charge on any atom is 0.351 e. The second kappa shape index (κ2) is 6.19. The van der Waals surface area contributed by atoms with Crippen LogP contribution in [0.2, 0.25) is 0 Å². The Bertz CT molecular complexity index is 656. The van der Waals surface area contributed by atoms with Gasteiger partial charge >= 0.3 is 11.6 Å². The Morgan fingerprint density at radius 3 is 2.50 bits per heavy atom. The van der Waals surface area contributed by atoms with E-state index in [9.17, 15) is 9.59 Å². The predicted molar refractivity (Wildman–Crippen MR) is 75.7 cm³/mol. The van der Waals surface area contributed by atoms with Crippen LogP contribution in [0.25, 0.3) is 11.1 Å². The number of rotatable bonds is 4. The molecule has 0 amide bonds. The van der Waals surface area contributed by atoms with Crippen molar-refractivity contribution in [2.75, 3.05) is 6.61 Å². The summed E-state index contributed by atoms with van der Waals surface area (Å²) in [5.74, 6) is -0.107. The molecule has 0 aliphatic carbocycles. The van der Waals surface area contributed by atoms with Crippen LogP contribution in [0.1, 0.15) is 30.0 Å². The van der Waals surface area contributed by atoms with Crippen molar-refractivity contribution in [1.29, 1.82) is 0 Å². The Morgan fingerprint density at radius 1 is 1.20 bits per heavy atom. The van der Waals surface area contributed by atoms with E-state index in [-0.39, 0.29) is 12.2 Å². The highest BCUT2D eigenvalue weighted by atomic mass is 16.5. The molecule has 0 saturated carbocycles. The van der Waals surface area contributed by atoms with Crippen LogP contribution in [0.15, 0.2) is 45.6 Å². The van der Waals surface area contributed by atoms with Crippen molar-refractivity contribution in [3.63, 3.8) is 0 Å². The second-order valence-electron chi connectivity index (χ2n) is 4.23. The van der Waals surface area contributed by atoms with Crippen LogP contribution in [0.5, 0.6) is 0 Å². The Balaban J connectivity index is 2.66. The van der Waals surface area contributed by atoms with Gasteiger partial charge in [0.2, 0.25) is 0 Å². The molecule has 1 heterocycles. The van der Waals surface area contributed by atoms with E-state index in [1.807, 2.05) is 37.3 Å². The molecule has 0 aliphatic rings. The number of carbonyl (C=O) groups is 1. The average Bonchev–Trinajstić information content (AvgIpc) is 2.47. The fraction of sp³-hybridized carbons (Fsp3) is 0.250. The van der Waals surface area contributed by atoms with E-state index in [1.165, 1.54) is 0 Å².